The Hall–Kier alpha value is -3.78. The van der Waals surface area contributed by atoms with E-state index in [1.165, 1.54) is 19.1 Å². The van der Waals surface area contributed by atoms with Gasteiger partial charge >= 0.3 is 0 Å². The maximum absolute atomic E-state index is 14.5. The highest BCUT2D eigenvalue weighted by Crippen LogP contribution is 2.34. The molecule has 9 heteroatoms. The number of benzene rings is 2. The van der Waals surface area contributed by atoms with E-state index in [-0.39, 0.29) is 33.1 Å². The van der Waals surface area contributed by atoms with Crippen LogP contribution in [0.5, 0.6) is 0 Å². The van der Waals surface area contributed by atoms with Crippen LogP contribution in [0.2, 0.25) is 5.15 Å². The van der Waals surface area contributed by atoms with Crippen LogP contribution in [0.1, 0.15) is 40.1 Å². The third-order valence-corrected chi connectivity index (χ3v) is 5.73. The van der Waals surface area contributed by atoms with E-state index in [0.29, 0.717) is 11.3 Å². The molecule has 0 aliphatic heterocycles. The average molecular weight is 484 g/mol. The van der Waals surface area contributed by atoms with Crippen molar-refractivity contribution in [3.8, 4) is 11.3 Å². The summed E-state index contributed by atoms with van der Waals surface area (Å²) in [6, 6.07) is 9.41. The molecule has 0 aliphatic carbocycles. The molecule has 1 atom stereocenters. The summed E-state index contributed by atoms with van der Waals surface area (Å²) in [6.45, 7) is 5.05. The highest BCUT2D eigenvalue weighted by atomic mass is 35.5. The Morgan fingerprint density at radius 3 is 2.47 bits per heavy atom. The van der Waals surface area contributed by atoms with E-state index in [1.807, 2.05) is 6.92 Å². The minimum absolute atomic E-state index is 0.0530. The highest BCUT2D eigenvalue weighted by Gasteiger charge is 2.23. The molecule has 4 aromatic rings. The van der Waals surface area contributed by atoms with Crippen LogP contribution in [0, 0.1) is 25.5 Å². The van der Waals surface area contributed by atoms with Gasteiger partial charge in [-0.05, 0) is 56.7 Å². The topological polar surface area (TPSA) is 98.2 Å². The van der Waals surface area contributed by atoms with Gasteiger partial charge in [-0.2, -0.15) is 0 Å². The number of amides is 1. The van der Waals surface area contributed by atoms with Gasteiger partial charge < -0.3 is 15.5 Å². The fourth-order valence-electron chi connectivity index (χ4n) is 3.89. The summed E-state index contributed by atoms with van der Waals surface area (Å²) >= 11 is 5.89. The van der Waals surface area contributed by atoms with Gasteiger partial charge in [0, 0.05) is 11.1 Å². The third kappa shape index (κ3) is 4.12. The predicted molar refractivity (Wildman–Crippen MR) is 127 cm³/mol. The zero-order valence-corrected chi connectivity index (χ0v) is 19.3. The normalized spacial score (nSPS) is 12.1. The van der Waals surface area contributed by atoms with Crippen LogP contribution in [-0.2, 0) is 0 Å². The molecule has 1 unspecified atom stereocenters. The van der Waals surface area contributed by atoms with Gasteiger partial charge in [0.25, 0.3) is 5.91 Å². The van der Waals surface area contributed by atoms with Crippen molar-refractivity contribution in [2.24, 2.45) is 5.73 Å². The van der Waals surface area contributed by atoms with Crippen molar-refractivity contribution >= 4 is 34.2 Å². The average Bonchev–Trinajstić information content (AvgIpc) is 2.78. The van der Waals surface area contributed by atoms with Gasteiger partial charge in [-0.3, -0.25) is 9.59 Å². The van der Waals surface area contributed by atoms with Gasteiger partial charge in [-0.25, -0.2) is 13.8 Å². The number of pyridine rings is 1. The number of halogens is 3. The van der Waals surface area contributed by atoms with Crippen molar-refractivity contribution in [3.05, 3.63) is 91.9 Å². The lowest BCUT2D eigenvalue weighted by molar-refractivity contribution is 0.0996. The standard InChI is InChI=1S/C25H20ClF2N3O3/c1-11-9-14(13(3)30-18-7-8-19(26)31-21(18)25(29)33)24-15(10-11)22(32)12(2)23(34-24)20-16(27)5-4-6-17(20)28/h4-10,13,30H,1-3H3,(H2,29,33). The molecule has 2 aromatic heterocycles. The maximum Gasteiger partial charge on any atom is 0.269 e. The van der Waals surface area contributed by atoms with Gasteiger partial charge in [0.15, 0.2) is 11.1 Å². The number of nitrogens with two attached hydrogens (primary N) is 1. The molecule has 0 saturated carbocycles. The Morgan fingerprint density at radius 1 is 1.15 bits per heavy atom. The Kier molecular flexibility index (Phi) is 6.10. The number of hydrogen-bond donors (Lipinski definition) is 2. The minimum atomic E-state index is -0.844. The van der Waals surface area contributed by atoms with Gasteiger partial charge in [-0.15, -0.1) is 0 Å². The second-order valence-corrected chi connectivity index (χ2v) is 8.36. The van der Waals surface area contributed by atoms with Crippen molar-refractivity contribution in [3.63, 3.8) is 0 Å². The molecule has 2 heterocycles. The predicted octanol–water partition coefficient (Wildman–Crippen LogP) is 5.68. The molecule has 0 bridgehead atoms. The Labute approximate surface area is 198 Å². The SMILES string of the molecule is Cc1cc(C(C)Nc2ccc(Cl)nc2C(N)=O)c2oc(-c3c(F)cccc3F)c(C)c(=O)c2c1. The summed E-state index contributed by atoms with van der Waals surface area (Å²) in [6.07, 6.45) is 0. The zero-order valence-electron chi connectivity index (χ0n) is 18.5. The quantitative estimate of drug-likeness (QED) is 0.356. The van der Waals surface area contributed by atoms with Crippen molar-refractivity contribution in [1.29, 1.82) is 0 Å². The number of carbonyl (C=O) groups is 1. The molecule has 0 spiro atoms. The second-order valence-electron chi connectivity index (χ2n) is 7.97. The number of hydrogen-bond acceptors (Lipinski definition) is 5. The molecule has 6 nitrogen and oxygen atoms in total. The van der Waals surface area contributed by atoms with Crippen LogP contribution in [0.15, 0.2) is 51.7 Å². The van der Waals surface area contributed by atoms with Crippen LogP contribution < -0.4 is 16.5 Å². The van der Waals surface area contributed by atoms with E-state index in [2.05, 4.69) is 10.3 Å². The van der Waals surface area contributed by atoms with Gasteiger partial charge in [0.2, 0.25) is 0 Å². The summed E-state index contributed by atoms with van der Waals surface area (Å²) in [5.41, 5.74) is 6.46. The number of carbonyl (C=O) groups excluding carboxylic acids is 1. The molecule has 174 valence electrons. The number of aromatic nitrogens is 1. The highest BCUT2D eigenvalue weighted by molar-refractivity contribution is 6.29. The van der Waals surface area contributed by atoms with Crippen molar-refractivity contribution in [1.82, 2.24) is 4.98 Å². The number of nitrogens with one attached hydrogen (secondary N) is 1. The first-order valence-electron chi connectivity index (χ1n) is 10.3. The molecule has 0 aliphatic rings. The van der Waals surface area contributed by atoms with Gasteiger partial charge in [-0.1, -0.05) is 23.7 Å². The van der Waals surface area contributed by atoms with E-state index in [4.69, 9.17) is 21.8 Å². The number of primary amides is 1. The number of rotatable bonds is 5. The number of fused-ring (bicyclic) bond motifs is 1. The Balaban J connectivity index is 1.93. The molecule has 0 saturated heterocycles. The Morgan fingerprint density at radius 2 is 1.82 bits per heavy atom. The van der Waals surface area contributed by atoms with Crippen LogP contribution in [-0.4, -0.2) is 10.9 Å². The number of aryl methyl sites for hydroxylation is 1. The fraction of sp³-hybridized carbons (Fsp3) is 0.160. The molecular weight excluding hydrogens is 464 g/mol. The van der Waals surface area contributed by atoms with E-state index in [0.717, 1.165) is 17.7 Å². The smallest absolute Gasteiger partial charge is 0.269 e. The number of nitrogens with zero attached hydrogens (tertiary/aromatic N) is 1. The second kappa shape index (κ2) is 8.87. The lowest BCUT2D eigenvalue weighted by Gasteiger charge is -2.20. The minimum Gasteiger partial charge on any atom is -0.455 e. The summed E-state index contributed by atoms with van der Waals surface area (Å²) in [7, 11) is 0. The maximum atomic E-state index is 14.5. The molecule has 2 aromatic carbocycles. The molecule has 0 fully saturated rings. The summed E-state index contributed by atoms with van der Waals surface area (Å²) in [5, 5.41) is 3.51. The molecule has 3 N–H and O–H groups in total. The van der Waals surface area contributed by atoms with Crippen LogP contribution in [0.25, 0.3) is 22.3 Å². The van der Waals surface area contributed by atoms with Crippen LogP contribution in [0.4, 0.5) is 14.5 Å². The van der Waals surface area contributed by atoms with Gasteiger partial charge in [0.05, 0.1) is 22.7 Å². The van der Waals surface area contributed by atoms with Crippen LogP contribution in [0.3, 0.4) is 0 Å². The lowest BCUT2D eigenvalue weighted by Crippen LogP contribution is -2.18. The van der Waals surface area contributed by atoms with Crippen molar-refractivity contribution < 1.29 is 18.0 Å². The molecule has 0 radical (unpaired) electrons. The molecule has 4 rings (SSSR count). The number of anilines is 1. The van der Waals surface area contributed by atoms with E-state index < -0.39 is 34.6 Å². The summed E-state index contributed by atoms with van der Waals surface area (Å²) in [5.74, 6) is -2.64. The molecule has 1 amide bonds. The first-order chi connectivity index (χ1) is 16.1. The van der Waals surface area contributed by atoms with Crippen LogP contribution >= 0.6 is 11.6 Å². The van der Waals surface area contributed by atoms with E-state index in [1.54, 1.807) is 25.1 Å². The monoisotopic (exact) mass is 483 g/mol. The summed E-state index contributed by atoms with van der Waals surface area (Å²) < 4.78 is 35.1. The Bertz CT molecular complexity index is 1500. The van der Waals surface area contributed by atoms with Crippen molar-refractivity contribution in [2.75, 3.05) is 5.32 Å². The van der Waals surface area contributed by atoms with Crippen molar-refractivity contribution in [2.45, 2.75) is 26.8 Å². The third-order valence-electron chi connectivity index (χ3n) is 5.51. The summed E-state index contributed by atoms with van der Waals surface area (Å²) in [4.78, 5) is 29.0. The lowest BCUT2D eigenvalue weighted by atomic mass is 9.98. The first-order valence-corrected chi connectivity index (χ1v) is 10.7. The van der Waals surface area contributed by atoms with E-state index in [9.17, 15) is 18.4 Å². The van der Waals surface area contributed by atoms with Gasteiger partial charge in [0.1, 0.15) is 28.1 Å². The first kappa shape index (κ1) is 23.4. The molecular formula is C25H20ClF2N3O3. The zero-order chi connectivity index (χ0) is 24.7. The van der Waals surface area contributed by atoms with E-state index >= 15 is 0 Å². The largest absolute Gasteiger partial charge is 0.455 e. The fourth-order valence-corrected chi connectivity index (χ4v) is 4.04. The molecule has 34 heavy (non-hydrogen) atoms.